The third-order valence-corrected chi connectivity index (χ3v) is 0.274. The molecule has 1 unspecified atom stereocenters. The van der Waals surface area contributed by atoms with Gasteiger partial charge in [0.15, 0.2) is 8.25 Å². The fraction of sp³-hybridized carbons (Fsp3) is 1.00. The van der Waals surface area contributed by atoms with Crippen molar-refractivity contribution in [3.05, 3.63) is 0 Å². The van der Waals surface area contributed by atoms with Gasteiger partial charge >= 0.3 is 0 Å². The molecule has 1 atom stereocenters. The first-order valence-corrected chi connectivity index (χ1v) is 1.73. The summed E-state index contributed by atoms with van der Waals surface area (Å²) in [6.45, 7) is 0. The molecule has 0 rings (SSSR count). The second-order valence-electron chi connectivity index (χ2n) is 0.315. The molecular weight excluding hydrogens is 73.0 g/mol. The van der Waals surface area contributed by atoms with Crippen molar-refractivity contribution in [2.24, 2.45) is 4.74 Å². The lowest BCUT2D eigenvalue weighted by atomic mass is 11.6. The predicted molar refractivity (Wildman–Crippen MR) is 17.4 cm³/mol. The molecule has 0 radical (unpaired) electrons. The zero-order chi connectivity index (χ0) is 3.41. The average molecular weight is 77.0 g/mol. The van der Waals surface area contributed by atoms with Crippen molar-refractivity contribution in [2.75, 3.05) is 7.05 Å². The molecule has 0 aliphatic heterocycles. The third kappa shape index (κ3) is 1.90. The van der Waals surface area contributed by atoms with E-state index in [0.29, 0.717) is 0 Å². The molecule has 0 saturated heterocycles. The van der Waals surface area contributed by atoms with Gasteiger partial charge in [0, 0.05) is 7.05 Å². The van der Waals surface area contributed by atoms with E-state index in [1.54, 1.807) is 0 Å². The van der Waals surface area contributed by atoms with Crippen LogP contribution in [0.5, 0.6) is 0 Å². The molecule has 0 aliphatic carbocycles. The van der Waals surface area contributed by atoms with Crippen LogP contribution in [0.2, 0.25) is 0 Å². The minimum atomic E-state index is -0.485. The zero-order valence-electron chi connectivity index (χ0n) is 2.36. The van der Waals surface area contributed by atoms with Gasteiger partial charge in [-0.25, -0.2) is 4.74 Å². The highest BCUT2D eigenvalue weighted by atomic mass is 31.0. The van der Waals surface area contributed by atoms with Crippen molar-refractivity contribution in [1.29, 1.82) is 0 Å². The van der Waals surface area contributed by atoms with Crippen LogP contribution in [-0.4, -0.2) is 7.05 Å². The highest BCUT2D eigenvalue weighted by molar-refractivity contribution is 7.11. The average Bonchev–Trinajstić information content (AvgIpc) is 1.37. The number of rotatable bonds is 0. The first-order chi connectivity index (χ1) is 1.91. The molecule has 0 aromatic heterocycles. The van der Waals surface area contributed by atoms with Gasteiger partial charge in [0.1, 0.15) is 0 Å². The lowest BCUT2D eigenvalue weighted by Crippen LogP contribution is -1.17. The lowest BCUT2D eigenvalue weighted by Gasteiger charge is -1.39. The van der Waals surface area contributed by atoms with Gasteiger partial charge in [-0.3, -0.25) is 4.57 Å². The van der Waals surface area contributed by atoms with Gasteiger partial charge < -0.3 is 0 Å². The van der Waals surface area contributed by atoms with Crippen molar-refractivity contribution in [3.63, 3.8) is 0 Å². The second kappa shape index (κ2) is 2.90. The van der Waals surface area contributed by atoms with E-state index in [1.807, 2.05) is 0 Å². The van der Waals surface area contributed by atoms with Crippen LogP contribution in [0.4, 0.5) is 0 Å². The van der Waals surface area contributed by atoms with E-state index >= 15 is 0 Å². The van der Waals surface area contributed by atoms with Crippen molar-refractivity contribution in [2.45, 2.75) is 0 Å². The molecule has 2 nitrogen and oxygen atoms in total. The Hall–Kier alpha value is -0.100. The topological polar surface area (TPSA) is 29.4 Å². The molecule has 0 spiro atoms. The summed E-state index contributed by atoms with van der Waals surface area (Å²) in [4.78, 5) is 0. The Bertz CT molecular complexity index is 46.0. The van der Waals surface area contributed by atoms with E-state index in [0.717, 1.165) is 0 Å². The third-order valence-electron chi connectivity index (χ3n) is 0.0913. The predicted octanol–water partition coefficient (Wildman–Crippen LogP) is 0.824. The summed E-state index contributed by atoms with van der Waals surface area (Å²) in [5.41, 5.74) is 0. The van der Waals surface area contributed by atoms with Gasteiger partial charge in [-0.05, 0) is 0 Å². The monoisotopic (exact) mass is 77.0 g/mol. The summed E-state index contributed by atoms with van der Waals surface area (Å²) < 4.78 is 12.4. The van der Waals surface area contributed by atoms with Gasteiger partial charge in [-0.2, -0.15) is 0 Å². The molecule has 24 valence electrons. The Balaban J connectivity index is 3.11. The van der Waals surface area contributed by atoms with Crippen molar-refractivity contribution < 1.29 is 4.57 Å². The van der Waals surface area contributed by atoms with Gasteiger partial charge in [-0.1, -0.05) is 0 Å². The van der Waals surface area contributed by atoms with E-state index in [2.05, 4.69) is 4.74 Å². The minimum Gasteiger partial charge on any atom is -0.265 e. The Morgan fingerprint density at radius 1 is 2.00 bits per heavy atom. The molecule has 0 aromatic carbocycles. The second-order valence-corrected chi connectivity index (χ2v) is 0.945. The van der Waals surface area contributed by atoms with Crippen molar-refractivity contribution in [1.82, 2.24) is 0 Å². The minimum absolute atomic E-state index is 0.485. The molecule has 3 heteroatoms. The molecule has 0 amide bonds. The lowest BCUT2D eigenvalue weighted by molar-refractivity contribution is 0.603. The SMILES string of the molecule is CN=[PH]=O. The van der Waals surface area contributed by atoms with E-state index in [-0.39, 0.29) is 0 Å². The van der Waals surface area contributed by atoms with Crippen molar-refractivity contribution in [3.8, 4) is 0 Å². The summed E-state index contributed by atoms with van der Waals surface area (Å²) in [5.74, 6) is 0. The fourth-order valence-electron chi connectivity index (χ4n) is 0. The molecule has 4 heavy (non-hydrogen) atoms. The molecular formula is CH4NOP. The smallest absolute Gasteiger partial charge is 0.176 e. The molecule has 0 aromatic rings. The molecule has 0 N–H and O–H groups in total. The van der Waals surface area contributed by atoms with Crippen LogP contribution >= 0.6 is 8.25 Å². The Kier molecular flexibility index (Phi) is 2.83. The van der Waals surface area contributed by atoms with Crippen LogP contribution < -0.4 is 0 Å². The first-order valence-electron chi connectivity index (χ1n) is 0.875. The van der Waals surface area contributed by atoms with Crippen LogP contribution in [0, 0.1) is 0 Å². The standard InChI is InChI=1S/CH4NOP/c1-2-4-3/h4H,1H3. The first kappa shape index (κ1) is 3.90. The molecule has 0 fully saturated rings. The summed E-state index contributed by atoms with van der Waals surface area (Å²) in [6, 6.07) is 0. The largest absolute Gasteiger partial charge is 0.265 e. The summed E-state index contributed by atoms with van der Waals surface area (Å²) in [5, 5.41) is 0. The highest BCUT2D eigenvalue weighted by Gasteiger charge is 1.25. The van der Waals surface area contributed by atoms with Gasteiger partial charge in [0.2, 0.25) is 0 Å². The molecule has 0 bridgehead atoms. The van der Waals surface area contributed by atoms with Crippen molar-refractivity contribution >= 4 is 8.25 Å². The van der Waals surface area contributed by atoms with E-state index < -0.39 is 8.25 Å². The van der Waals surface area contributed by atoms with E-state index in [1.165, 1.54) is 7.05 Å². The summed E-state index contributed by atoms with van der Waals surface area (Å²) >= 11 is 0. The Morgan fingerprint density at radius 3 is 2.25 bits per heavy atom. The van der Waals surface area contributed by atoms with Gasteiger partial charge in [0.25, 0.3) is 0 Å². The maximum absolute atomic E-state index is 9.16. The fourth-order valence-corrected chi connectivity index (χ4v) is 0. The number of nitrogens with zero attached hydrogens (tertiary/aromatic N) is 1. The van der Waals surface area contributed by atoms with E-state index in [4.69, 9.17) is 4.57 Å². The summed E-state index contributed by atoms with van der Waals surface area (Å²) in [7, 11) is 1.02. The van der Waals surface area contributed by atoms with Crippen LogP contribution in [0.3, 0.4) is 0 Å². The molecule has 0 heterocycles. The van der Waals surface area contributed by atoms with Crippen LogP contribution in [0.1, 0.15) is 0 Å². The van der Waals surface area contributed by atoms with Gasteiger partial charge in [-0.15, -0.1) is 0 Å². The van der Waals surface area contributed by atoms with Crippen LogP contribution in [-0.2, 0) is 4.57 Å². The Labute approximate surface area is 25.8 Å². The number of hydrogen-bond acceptors (Lipinski definition) is 2. The zero-order valence-corrected chi connectivity index (χ0v) is 3.36. The highest BCUT2D eigenvalue weighted by Crippen LogP contribution is 1.67. The number of hydrogen-bond donors (Lipinski definition) is 0. The van der Waals surface area contributed by atoms with E-state index in [9.17, 15) is 0 Å². The molecule has 0 aliphatic rings. The van der Waals surface area contributed by atoms with Gasteiger partial charge in [0.05, 0.1) is 0 Å². The molecule has 0 saturated carbocycles. The Morgan fingerprint density at radius 2 is 2.25 bits per heavy atom. The summed E-state index contributed by atoms with van der Waals surface area (Å²) in [6.07, 6.45) is 0. The normalized spacial score (nSPS) is 7.25. The van der Waals surface area contributed by atoms with Crippen LogP contribution in [0.15, 0.2) is 4.74 Å². The maximum Gasteiger partial charge on any atom is 0.176 e. The van der Waals surface area contributed by atoms with Crippen LogP contribution in [0.25, 0.3) is 0 Å². The quantitative estimate of drug-likeness (QED) is 0.393. The maximum atomic E-state index is 9.16.